The molecule has 1 aromatic heterocycles. The van der Waals surface area contributed by atoms with Crippen molar-refractivity contribution in [3.63, 3.8) is 0 Å². The molecule has 0 amide bonds. The summed E-state index contributed by atoms with van der Waals surface area (Å²) < 4.78 is 0. The maximum Gasteiger partial charge on any atom is 0.117 e. The van der Waals surface area contributed by atoms with Crippen LogP contribution in [0.5, 0.6) is 0 Å². The highest BCUT2D eigenvalue weighted by molar-refractivity contribution is 5.77. The van der Waals surface area contributed by atoms with Gasteiger partial charge >= 0.3 is 0 Å². The Kier molecular flexibility index (Phi) is 3.67. The van der Waals surface area contributed by atoms with E-state index in [0.717, 1.165) is 30.7 Å². The molecule has 0 saturated heterocycles. The van der Waals surface area contributed by atoms with Crippen LogP contribution in [0.1, 0.15) is 5.56 Å². The van der Waals surface area contributed by atoms with Crippen molar-refractivity contribution in [3.05, 3.63) is 49.1 Å². The van der Waals surface area contributed by atoms with E-state index >= 15 is 0 Å². The van der Waals surface area contributed by atoms with E-state index in [-0.39, 0.29) is 0 Å². The molecule has 4 nitrogen and oxygen atoms in total. The van der Waals surface area contributed by atoms with E-state index in [0.29, 0.717) is 0 Å². The van der Waals surface area contributed by atoms with E-state index in [1.807, 2.05) is 24.3 Å². The highest BCUT2D eigenvalue weighted by Crippen LogP contribution is 2.15. The third-order valence-electron chi connectivity index (χ3n) is 2.60. The van der Waals surface area contributed by atoms with Crippen molar-refractivity contribution in [1.29, 1.82) is 0 Å². The van der Waals surface area contributed by atoms with Crippen molar-refractivity contribution < 1.29 is 0 Å². The predicted octanol–water partition coefficient (Wildman–Crippen LogP) is 2.13. The average Bonchev–Trinajstić information content (AvgIpc) is 2.79. The molecule has 0 bridgehead atoms. The van der Waals surface area contributed by atoms with E-state index in [2.05, 4.69) is 39.5 Å². The maximum atomic E-state index is 4.18. The first kappa shape index (κ1) is 11.5. The Morgan fingerprint density at radius 3 is 2.65 bits per heavy atom. The summed E-state index contributed by atoms with van der Waals surface area (Å²) in [4.78, 5) is 2.24. The van der Waals surface area contributed by atoms with Crippen molar-refractivity contribution in [2.75, 3.05) is 13.1 Å². The van der Waals surface area contributed by atoms with Crippen LogP contribution in [0.3, 0.4) is 0 Å². The molecule has 2 rings (SSSR count). The number of aromatic nitrogens is 3. The normalized spacial score (nSPS) is 10.9. The van der Waals surface area contributed by atoms with E-state index in [9.17, 15) is 0 Å². The van der Waals surface area contributed by atoms with Crippen LogP contribution in [0.2, 0.25) is 0 Å². The predicted molar refractivity (Wildman–Crippen MR) is 69.6 cm³/mol. The summed E-state index contributed by atoms with van der Waals surface area (Å²) in [5.74, 6) is 0. The van der Waals surface area contributed by atoms with Crippen LogP contribution >= 0.6 is 0 Å². The molecule has 88 valence electrons. The van der Waals surface area contributed by atoms with Gasteiger partial charge in [0.05, 0.1) is 0 Å². The Morgan fingerprint density at radius 1 is 1.18 bits per heavy atom. The number of para-hydroxylation sites is 1. The summed E-state index contributed by atoms with van der Waals surface area (Å²) in [6.07, 6.45) is 3.79. The Balaban J connectivity index is 2.23. The molecule has 1 heterocycles. The second kappa shape index (κ2) is 5.41. The lowest BCUT2D eigenvalue weighted by atomic mass is 10.1. The third kappa shape index (κ3) is 2.60. The summed E-state index contributed by atoms with van der Waals surface area (Å²) in [7, 11) is 0. The van der Waals surface area contributed by atoms with Gasteiger partial charge in [0.15, 0.2) is 0 Å². The molecule has 0 fully saturated rings. The fraction of sp³-hybridized carbons (Fsp3) is 0.231. The molecule has 0 radical (unpaired) electrons. The number of hydrogen-bond acceptors (Lipinski definition) is 3. The summed E-state index contributed by atoms with van der Waals surface area (Å²) in [6, 6.07) is 6.03. The SMILES string of the molecule is C=CCN(CC=C)Cc1cccc2n[nH]nc12. The molecular weight excluding hydrogens is 212 g/mol. The Bertz CT molecular complexity index is 505. The topological polar surface area (TPSA) is 44.8 Å². The van der Waals surface area contributed by atoms with Crippen LogP contribution in [0.25, 0.3) is 11.0 Å². The number of fused-ring (bicyclic) bond motifs is 1. The van der Waals surface area contributed by atoms with Gasteiger partial charge in [-0.3, -0.25) is 4.90 Å². The van der Waals surface area contributed by atoms with Gasteiger partial charge in [0.2, 0.25) is 0 Å². The second-order valence-corrected chi connectivity index (χ2v) is 3.88. The molecule has 2 aromatic rings. The fourth-order valence-electron chi connectivity index (χ4n) is 1.86. The van der Waals surface area contributed by atoms with Gasteiger partial charge in [-0.2, -0.15) is 15.4 Å². The number of hydrogen-bond donors (Lipinski definition) is 1. The zero-order valence-electron chi connectivity index (χ0n) is 9.76. The van der Waals surface area contributed by atoms with Crippen LogP contribution in [0.4, 0.5) is 0 Å². The molecule has 1 N–H and O–H groups in total. The summed E-state index contributed by atoms with van der Waals surface area (Å²) in [6.45, 7) is 10.0. The molecule has 0 unspecified atom stereocenters. The number of benzene rings is 1. The standard InChI is InChI=1S/C13H16N4/c1-3-8-17(9-4-2)10-11-6-5-7-12-13(11)15-16-14-12/h3-7H,1-2,8-10H2,(H,14,15,16). The zero-order valence-corrected chi connectivity index (χ0v) is 9.76. The lowest BCUT2D eigenvalue weighted by Crippen LogP contribution is -2.23. The van der Waals surface area contributed by atoms with Crippen LogP contribution < -0.4 is 0 Å². The molecule has 0 aliphatic rings. The summed E-state index contributed by atoms with van der Waals surface area (Å²) in [5.41, 5.74) is 3.00. The monoisotopic (exact) mass is 228 g/mol. The Hall–Kier alpha value is -1.94. The first-order chi connectivity index (χ1) is 8.35. The molecule has 0 spiro atoms. The van der Waals surface area contributed by atoms with Crippen molar-refractivity contribution in [2.24, 2.45) is 0 Å². The Labute approximate surface area is 101 Å². The minimum atomic E-state index is 0.821. The fourth-order valence-corrected chi connectivity index (χ4v) is 1.86. The van der Waals surface area contributed by atoms with E-state index < -0.39 is 0 Å². The van der Waals surface area contributed by atoms with Gasteiger partial charge in [-0.25, -0.2) is 0 Å². The molecular formula is C13H16N4. The van der Waals surface area contributed by atoms with Gasteiger partial charge in [-0.15, -0.1) is 13.2 Å². The Morgan fingerprint density at radius 2 is 1.94 bits per heavy atom. The number of nitrogens with one attached hydrogen (secondary N) is 1. The summed E-state index contributed by atoms with van der Waals surface area (Å²) in [5, 5.41) is 10.9. The molecule has 1 aromatic carbocycles. The van der Waals surface area contributed by atoms with Crippen molar-refractivity contribution in [3.8, 4) is 0 Å². The van der Waals surface area contributed by atoms with Crippen LogP contribution in [0, 0.1) is 0 Å². The van der Waals surface area contributed by atoms with E-state index in [1.165, 1.54) is 5.56 Å². The van der Waals surface area contributed by atoms with Crippen molar-refractivity contribution in [1.82, 2.24) is 20.3 Å². The zero-order chi connectivity index (χ0) is 12.1. The first-order valence-electron chi connectivity index (χ1n) is 5.57. The number of rotatable bonds is 6. The number of nitrogens with zero attached hydrogens (tertiary/aromatic N) is 3. The van der Waals surface area contributed by atoms with Crippen molar-refractivity contribution in [2.45, 2.75) is 6.54 Å². The number of H-pyrrole nitrogens is 1. The van der Waals surface area contributed by atoms with Crippen molar-refractivity contribution >= 4 is 11.0 Å². The first-order valence-corrected chi connectivity index (χ1v) is 5.57. The summed E-state index contributed by atoms with van der Waals surface area (Å²) >= 11 is 0. The van der Waals surface area contributed by atoms with Crippen LogP contribution in [0.15, 0.2) is 43.5 Å². The van der Waals surface area contributed by atoms with Gasteiger partial charge in [-0.05, 0) is 11.6 Å². The molecule has 17 heavy (non-hydrogen) atoms. The second-order valence-electron chi connectivity index (χ2n) is 3.88. The third-order valence-corrected chi connectivity index (χ3v) is 2.60. The lowest BCUT2D eigenvalue weighted by Gasteiger charge is -2.18. The van der Waals surface area contributed by atoms with Gasteiger partial charge < -0.3 is 0 Å². The quantitative estimate of drug-likeness (QED) is 0.770. The molecule has 4 heteroatoms. The van der Waals surface area contributed by atoms with E-state index in [4.69, 9.17) is 0 Å². The smallest absolute Gasteiger partial charge is 0.117 e. The lowest BCUT2D eigenvalue weighted by molar-refractivity contribution is 0.329. The van der Waals surface area contributed by atoms with Gasteiger partial charge in [0, 0.05) is 19.6 Å². The van der Waals surface area contributed by atoms with Crippen LogP contribution in [-0.4, -0.2) is 33.4 Å². The number of aromatic amines is 1. The largest absolute Gasteiger partial charge is 0.292 e. The molecule has 0 aliphatic carbocycles. The van der Waals surface area contributed by atoms with Crippen LogP contribution in [-0.2, 0) is 6.54 Å². The van der Waals surface area contributed by atoms with E-state index in [1.54, 1.807) is 0 Å². The molecule has 0 atom stereocenters. The molecule has 0 aliphatic heterocycles. The van der Waals surface area contributed by atoms with Gasteiger partial charge in [0.1, 0.15) is 11.0 Å². The highest BCUT2D eigenvalue weighted by Gasteiger charge is 2.08. The average molecular weight is 228 g/mol. The maximum absolute atomic E-state index is 4.18. The van der Waals surface area contributed by atoms with Gasteiger partial charge in [0.25, 0.3) is 0 Å². The molecule has 0 saturated carbocycles. The minimum absolute atomic E-state index is 0.821. The minimum Gasteiger partial charge on any atom is -0.292 e. The highest BCUT2D eigenvalue weighted by atomic mass is 15.3. The van der Waals surface area contributed by atoms with Gasteiger partial charge in [-0.1, -0.05) is 24.3 Å².